The van der Waals surface area contributed by atoms with Crippen molar-refractivity contribution in [2.24, 2.45) is 10.9 Å². The Bertz CT molecular complexity index is 775. The fourth-order valence-corrected chi connectivity index (χ4v) is 5.12. The highest BCUT2D eigenvalue weighted by atomic mass is 19.1. The van der Waals surface area contributed by atoms with Crippen molar-refractivity contribution in [3.05, 3.63) is 35.6 Å². The second kappa shape index (κ2) is 11.1. The van der Waals surface area contributed by atoms with E-state index in [-0.39, 0.29) is 23.8 Å². The molecule has 2 N–H and O–H groups in total. The number of rotatable bonds is 6. The number of aliphatic imine (C=N–C) groups is 1. The lowest BCUT2D eigenvalue weighted by Gasteiger charge is -2.35. The average Bonchev–Trinajstić information content (AvgIpc) is 3.52. The Morgan fingerprint density at radius 2 is 1.88 bits per heavy atom. The first-order valence-electron chi connectivity index (χ1n) is 12.0. The number of carbonyl (C=O) groups is 1. The third-order valence-corrected chi connectivity index (χ3v) is 6.97. The van der Waals surface area contributed by atoms with Crippen LogP contribution >= 0.6 is 0 Å². The molecule has 0 aromatic heterocycles. The zero-order valence-corrected chi connectivity index (χ0v) is 19.1. The fourth-order valence-electron chi connectivity index (χ4n) is 5.12. The first-order valence-corrected chi connectivity index (χ1v) is 12.0. The van der Waals surface area contributed by atoms with Crippen LogP contribution in [0.1, 0.15) is 43.7 Å². The molecule has 0 radical (unpaired) electrons. The molecule has 1 amide bonds. The van der Waals surface area contributed by atoms with E-state index in [1.807, 2.05) is 17.0 Å². The van der Waals surface area contributed by atoms with E-state index in [0.29, 0.717) is 25.7 Å². The number of carbonyl (C=O) groups excluding carboxylic acids is 1. The first kappa shape index (κ1) is 23.0. The van der Waals surface area contributed by atoms with Crippen LogP contribution in [0.2, 0.25) is 0 Å². The molecular weight excluding hydrogens is 409 g/mol. The van der Waals surface area contributed by atoms with Crippen molar-refractivity contribution < 1.29 is 13.9 Å². The van der Waals surface area contributed by atoms with E-state index < -0.39 is 0 Å². The van der Waals surface area contributed by atoms with E-state index in [9.17, 15) is 9.18 Å². The summed E-state index contributed by atoms with van der Waals surface area (Å²) < 4.78 is 19.0. The molecule has 3 aliphatic rings. The van der Waals surface area contributed by atoms with Gasteiger partial charge in [0.1, 0.15) is 5.82 Å². The van der Waals surface area contributed by atoms with Crippen molar-refractivity contribution in [2.45, 2.75) is 44.2 Å². The summed E-state index contributed by atoms with van der Waals surface area (Å²) in [5.41, 5.74) is 1.07. The van der Waals surface area contributed by atoms with Gasteiger partial charge in [0.05, 0.1) is 19.3 Å². The third kappa shape index (κ3) is 5.78. The maximum atomic E-state index is 13.5. The molecule has 1 aromatic carbocycles. The zero-order valence-electron chi connectivity index (χ0n) is 19.1. The minimum Gasteiger partial charge on any atom is -0.379 e. The number of hydrogen-bond donors (Lipinski definition) is 2. The van der Waals surface area contributed by atoms with Crippen molar-refractivity contribution >= 4 is 11.9 Å². The Labute approximate surface area is 190 Å². The molecular formula is C24H36FN5O2. The number of likely N-dealkylation sites (tertiary alicyclic amines) is 1. The Balaban J connectivity index is 1.32. The van der Waals surface area contributed by atoms with Crippen molar-refractivity contribution in [3.8, 4) is 0 Å². The quantitative estimate of drug-likeness (QED) is 0.519. The molecule has 2 unspecified atom stereocenters. The first-order chi connectivity index (χ1) is 15.6. The third-order valence-electron chi connectivity index (χ3n) is 6.97. The molecule has 2 aliphatic heterocycles. The van der Waals surface area contributed by atoms with Crippen LogP contribution in [0, 0.1) is 11.7 Å². The van der Waals surface area contributed by atoms with E-state index in [1.165, 1.54) is 25.0 Å². The minimum absolute atomic E-state index is 0.0991. The Kier molecular flexibility index (Phi) is 7.97. The van der Waals surface area contributed by atoms with E-state index in [4.69, 9.17) is 4.74 Å². The van der Waals surface area contributed by atoms with Crippen LogP contribution in [0.5, 0.6) is 0 Å². The van der Waals surface area contributed by atoms with Crippen LogP contribution < -0.4 is 10.6 Å². The van der Waals surface area contributed by atoms with Crippen LogP contribution in [-0.2, 0) is 9.53 Å². The number of morpholine rings is 1. The molecule has 2 heterocycles. The van der Waals surface area contributed by atoms with Crippen LogP contribution in [0.25, 0.3) is 0 Å². The molecule has 3 fully saturated rings. The maximum absolute atomic E-state index is 13.5. The topological polar surface area (TPSA) is 69.2 Å². The van der Waals surface area contributed by atoms with Gasteiger partial charge in [-0.3, -0.25) is 14.7 Å². The van der Waals surface area contributed by atoms with Gasteiger partial charge >= 0.3 is 0 Å². The van der Waals surface area contributed by atoms with Gasteiger partial charge in [-0.15, -0.1) is 0 Å². The van der Waals surface area contributed by atoms with Gasteiger partial charge in [0.25, 0.3) is 0 Å². The largest absolute Gasteiger partial charge is 0.379 e. The average molecular weight is 446 g/mol. The van der Waals surface area contributed by atoms with Crippen molar-refractivity contribution in [2.75, 3.05) is 53.0 Å². The Morgan fingerprint density at radius 3 is 2.56 bits per heavy atom. The lowest BCUT2D eigenvalue weighted by molar-refractivity contribution is -0.134. The smallest absolute Gasteiger partial charge is 0.225 e. The predicted molar refractivity (Wildman–Crippen MR) is 123 cm³/mol. The van der Waals surface area contributed by atoms with Gasteiger partial charge in [0.2, 0.25) is 5.91 Å². The second-order valence-electron chi connectivity index (χ2n) is 9.06. The Morgan fingerprint density at radius 1 is 1.16 bits per heavy atom. The molecule has 2 saturated heterocycles. The zero-order chi connectivity index (χ0) is 22.3. The van der Waals surface area contributed by atoms with E-state index in [0.717, 1.165) is 57.0 Å². The van der Waals surface area contributed by atoms with Gasteiger partial charge in [0, 0.05) is 51.7 Å². The highest BCUT2D eigenvalue weighted by Crippen LogP contribution is 2.28. The molecule has 8 heteroatoms. The summed E-state index contributed by atoms with van der Waals surface area (Å²) in [7, 11) is 1.77. The number of amides is 1. The number of hydrogen-bond acceptors (Lipinski definition) is 4. The standard InChI is InChI=1S/C24H36FN5O2/c1-26-24(28-21-10-11-30(17-21)23(31)19-4-2-3-5-19)27-16-22(29-12-14-32-15-13-29)18-6-8-20(25)9-7-18/h6-9,19,21-22H,2-5,10-17H2,1H3,(H2,26,27,28). The van der Waals surface area contributed by atoms with Gasteiger partial charge in [-0.1, -0.05) is 25.0 Å². The number of ether oxygens (including phenoxy) is 1. The van der Waals surface area contributed by atoms with E-state index in [1.54, 1.807) is 7.05 Å². The lowest BCUT2D eigenvalue weighted by atomic mass is 10.0. The van der Waals surface area contributed by atoms with Crippen molar-refractivity contribution in [1.82, 2.24) is 20.4 Å². The normalized spacial score (nSPS) is 24.0. The number of halogens is 1. The molecule has 7 nitrogen and oxygen atoms in total. The summed E-state index contributed by atoms with van der Waals surface area (Å²) in [6, 6.07) is 7.06. The van der Waals surface area contributed by atoms with E-state index in [2.05, 4.69) is 20.5 Å². The fraction of sp³-hybridized carbons (Fsp3) is 0.667. The van der Waals surface area contributed by atoms with Gasteiger partial charge in [0.15, 0.2) is 5.96 Å². The molecule has 4 rings (SSSR count). The summed E-state index contributed by atoms with van der Waals surface area (Å²) >= 11 is 0. The summed E-state index contributed by atoms with van der Waals surface area (Å²) in [6.07, 6.45) is 5.39. The SMILES string of the molecule is CN=C(NCC(c1ccc(F)cc1)N1CCOCC1)NC1CCN(C(=O)C2CCCC2)C1. The van der Waals surface area contributed by atoms with Gasteiger partial charge < -0.3 is 20.3 Å². The lowest BCUT2D eigenvalue weighted by Crippen LogP contribution is -2.49. The van der Waals surface area contributed by atoms with Crippen LogP contribution in [0.3, 0.4) is 0 Å². The van der Waals surface area contributed by atoms with Crippen LogP contribution in [-0.4, -0.2) is 80.7 Å². The summed E-state index contributed by atoms with van der Waals surface area (Å²) in [4.78, 5) is 21.5. The number of nitrogens with zero attached hydrogens (tertiary/aromatic N) is 3. The minimum atomic E-state index is -0.224. The highest BCUT2D eigenvalue weighted by Gasteiger charge is 2.32. The number of nitrogens with one attached hydrogen (secondary N) is 2. The Hall–Kier alpha value is -2.19. The molecule has 2 atom stereocenters. The monoisotopic (exact) mass is 445 g/mol. The van der Waals surface area contributed by atoms with Crippen molar-refractivity contribution in [1.29, 1.82) is 0 Å². The second-order valence-corrected chi connectivity index (χ2v) is 9.06. The van der Waals surface area contributed by atoms with Gasteiger partial charge in [-0.2, -0.15) is 0 Å². The molecule has 0 bridgehead atoms. The summed E-state index contributed by atoms with van der Waals surface area (Å²) in [5, 5.41) is 6.97. The molecule has 176 valence electrons. The predicted octanol–water partition coefficient (Wildman–Crippen LogP) is 2.16. The molecule has 32 heavy (non-hydrogen) atoms. The number of guanidine groups is 1. The van der Waals surface area contributed by atoms with Crippen molar-refractivity contribution in [3.63, 3.8) is 0 Å². The maximum Gasteiger partial charge on any atom is 0.225 e. The summed E-state index contributed by atoms with van der Waals surface area (Å²) in [6.45, 7) is 5.31. The molecule has 0 spiro atoms. The number of benzene rings is 1. The molecule has 1 saturated carbocycles. The summed E-state index contributed by atoms with van der Waals surface area (Å²) in [5.74, 6) is 1.08. The van der Waals surface area contributed by atoms with Crippen LogP contribution in [0.15, 0.2) is 29.3 Å². The van der Waals surface area contributed by atoms with E-state index >= 15 is 0 Å². The van der Waals surface area contributed by atoms with Gasteiger partial charge in [-0.05, 0) is 37.0 Å². The highest BCUT2D eigenvalue weighted by molar-refractivity contribution is 5.81. The van der Waals surface area contributed by atoms with Gasteiger partial charge in [-0.25, -0.2) is 4.39 Å². The van der Waals surface area contributed by atoms with Crippen LogP contribution in [0.4, 0.5) is 4.39 Å². The molecule has 1 aliphatic carbocycles. The molecule has 1 aromatic rings.